The molecule has 1 saturated heterocycles. The van der Waals surface area contributed by atoms with Crippen molar-refractivity contribution in [2.24, 2.45) is 5.84 Å². The van der Waals surface area contributed by atoms with Crippen LogP contribution in [0, 0.1) is 0 Å². The summed E-state index contributed by atoms with van der Waals surface area (Å²) in [6.45, 7) is 4.66. The summed E-state index contributed by atoms with van der Waals surface area (Å²) in [5, 5.41) is 6.09. The molecule has 0 spiro atoms. The summed E-state index contributed by atoms with van der Waals surface area (Å²) < 4.78 is 0. The molecule has 4 heterocycles. The largest absolute Gasteiger partial charge is 0.366 e. The summed E-state index contributed by atoms with van der Waals surface area (Å²) in [7, 11) is 0. The number of nitrogens with two attached hydrogens (primary N) is 1. The fraction of sp³-hybridized carbons (Fsp3) is 0.333. The third-order valence-electron chi connectivity index (χ3n) is 3.90. The minimum Gasteiger partial charge on any atom is -0.366 e. The SMILES string of the molecule is NN1C=C(N2CCNCC2)c2nc(-c3ccccn3)sc2C1. The van der Waals surface area contributed by atoms with E-state index >= 15 is 0 Å². The lowest BCUT2D eigenvalue weighted by molar-refractivity contribution is 0.319. The zero-order valence-corrected chi connectivity index (χ0v) is 13.0. The van der Waals surface area contributed by atoms with E-state index in [4.69, 9.17) is 10.8 Å². The molecule has 0 unspecified atom stereocenters. The van der Waals surface area contributed by atoms with Crippen LogP contribution in [0.3, 0.4) is 0 Å². The van der Waals surface area contributed by atoms with E-state index in [2.05, 4.69) is 15.2 Å². The second-order valence-electron chi connectivity index (χ2n) is 5.43. The van der Waals surface area contributed by atoms with Gasteiger partial charge >= 0.3 is 0 Å². The van der Waals surface area contributed by atoms with E-state index in [1.165, 1.54) is 4.88 Å². The Balaban J connectivity index is 1.72. The van der Waals surface area contributed by atoms with Gasteiger partial charge in [0.25, 0.3) is 0 Å². The van der Waals surface area contributed by atoms with Gasteiger partial charge in [0.05, 0.1) is 22.8 Å². The molecule has 0 aliphatic carbocycles. The summed E-state index contributed by atoms with van der Waals surface area (Å²) >= 11 is 1.68. The molecule has 2 aromatic heterocycles. The van der Waals surface area contributed by atoms with E-state index in [0.717, 1.165) is 48.3 Å². The average Bonchev–Trinajstić information content (AvgIpc) is 2.99. The number of fused-ring (bicyclic) bond motifs is 1. The second kappa shape index (κ2) is 5.68. The number of hydrazine groups is 1. The lowest BCUT2D eigenvalue weighted by Gasteiger charge is -2.34. The number of pyridine rings is 1. The first kappa shape index (κ1) is 13.7. The number of aromatic nitrogens is 2. The van der Waals surface area contributed by atoms with Crippen molar-refractivity contribution in [1.82, 2.24) is 25.2 Å². The molecule has 0 aromatic carbocycles. The zero-order chi connectivity index (χ0) is 14.9. The van der Waals surface area contributed by atoms with Crippen molar-refractivity contribution in [2.75, 3.05) is 26.2 Å². The Hall–Kier alpha value is -1.96. The zero-order valence-electron chi connectivity index (χ0n) is 12.2. The molecule has 2 aliphatic rings. The molecule has 3 N–H and O–H groups in total. The van der Waals surface area contributed by atoms with Crippen LogP contribution < -0.4 is 11.2 Å². The number of nitrogens with one attached hydrogen (secondary N) is 1. The first-order chi connectivity index (χ1) is 10.8. The highest BCUT2D eigenvalue weighted by Crippen LogP contribution is 2.35. The van der Waals surface area contributed by atoms with Crippen LogP contribution in [0.15, 0.2) is 30.6 Å². The normalized spacial score (nSPS) is 18.1. The van der Waals surface area contributed by atoms with Gasteiger partial charge in [-0.25, -0.2) is 10.8 Å². The predicted molar refractivity (Wildman–Crippen MR) is 87.5 cm³/mol. The average molecular weight is 314 g/mol. The van der Waals surface area contributed by atoms with Gasteiger partial charge in [-0.3, -0.25) is 4.98 Å². The lowest BCUT2D eigenvalue weighted by Crippen LogP contribution is -2.44. The molecule has 22 heavy (non-hydrogen) atoms. The maximum absolute atomic E-state index is 6.07. The van der Waals surface area contributed by atoms with E-state index in [9.17, 15) is 0 Å². The number of hydrogen-bond acceptors (Lipinski definition) is 7. The summed E-state index contributed by atoms with van der Waals surface area (Å²) in [6, 6.07) is 5.91. The van der Waals surface area contributed by atoms with Crippen LogP contribution in [0.25, 0.3) is 16.4 Å². The monoisotopic (exact) mass is 314 g/mol. The Morgan fingerprint density at radius 3 is 2.86 bits per heavy atom. The molecule has 0 atom stereocenters. The fourth-order valence-corrected chi connectivity index (χ4v) is 3.88. The molecular formula is C15H18N6S. The highest BCUT2D eigenvalue weighted by atomic mass is 32.1. The minimum absolute atomic E-state index is 0.704. The molecule has 0 bridgehead atoms. The molecule has 1 fully saturated rings. The molecule has 0 amide bonds. The van der Waals surface area contributed by atoms with Gasteiger partial charge in [-0.1, -0.05) is 6.07 Å². The molecule has 2 aliphatic heterocycles. The highest BCUT2D eigenvalue weighted by molar-refractivity contribution is 7.15. The number of nitrogens with zero attached hydrogens (tertiary/aromatic N) is 4. The number of piperazine rings is 1. The fourth-order valence-electron chi connectivity index (χ4n) is 2.82. The van der Waals surface area contributed by atoms with Crippen LogP contribution in [0.1, 0.15) is 10.6 Å². The van der Waals surface area contributed by atoms with Crippen molar-refractivity contribution in [3.63, 3.8) is 0 Å². The minimum atomic E-state index is 0.704. The van der Waals surface area contributed by atoms with Crippen LogP contribution in [0.5, 0.6) is 0 Å². The Morgan fingerprint density at radius 2 is 2.09 bits per heavy atom. The summed E-state index contributed by atoms with van der Waals surface area (Å²) in [5.74, 6) is 6.07. The maximum atomic E-state index is 6.07. The van der Waals surface area contributed by atoms with Crippen LogP contribution in [-0.2, 0) is 6.54 Å². The molecule has 0 radical (unpaired) electrons. The third kappa shape index (κ3) is 2.47. The van der Waals surface area contributed by atoms with Gasteiger partial charge in [0.2, 0.25) is 0 Å². The van der Waals surface area contributed by atoms with Gasteiger partial charge in [0, 0.05) is 38.6 Å². The molecule has 6 nitrogen and oxygen atoms in total. The topological polar surface area (TPSA) is 70.3 Å². The highest BCUT2D eigenvalue weighted by Gasteiger charge is 2.26. The van der Waals surface area contributed by atoms with Crippen LogP contribution in [0.2, 0.25) is 0 Å². The summed E-state index contributed by atoms with van der Waals surface area (Å²) in [5.41, 5.74) is 3.11. The maximum Gasteiger partial charge on any atom is 0.142 e. The van der Waals surface area contributed by atoms with Gasteiger partial charge in [-0.2, -0.15) is 0 Å². The van der Waals surface area contributed by atoms with E-state index in [1.54, 1.807) is 22.5 Å². The first-order valence-corrected chi connectivity index (χ1v) is 8.23. The lowest BCUT2D eigenvalue weighted by atomic mass is 10.2. The van der Waals surface area contributed by atoms with E-state index in [0.29, 0.717) is 6.54 Å². The Morgan fingerprint density at radius 1 is 1.23 bits per heavy atom. The number of thiazole rings is 1. The van der Waals surface area contributed by atoms with Gasteiger partial charge in [0.15, 0.2) is 0 Å². The Labute approximate surface area is 133 Å². The Kier molecular flexibility index (Phi) is 3.53. The summed E-state index contributed by atoms with van der Waals surface area (Å²) in [6.07, 6.45) is 3.81. The van der Waals surface area contributed by atoms with Crippen molar-refractivity contribution >= 4 is 17.0 Å². The first-order valence-electron chi connectivity index (χ1n) is 7.41. The van der Waals surface area contributed by atoms with Gasteiger partial charge in [-0.15, -0.1) is 11.3 Å². The van der Waals surface area contributed by atoms with Crippen LogP contribution >= 0.6 is 11.3 Å². The standard InChI is InChI=1S/C15H18N6S/c16-21-9-12(20-7-5-17-6-8-20)14-13(10-21)22-15(19-14)11-3-1-2-4-18-11/h1-4,9,17H,5-8,10,16H2. The number of hydrogen-bond donors (Lipinski definition) is 2. The summed E-state index contributed by atoms with van der Waals surface area (Å²) in [4.78, 5) is 12.8. The predicted octanol–water partition coefficient (Wildman–Crippen LogP) is 1.10. The molecule has 2 aromatic rings. The van der Waals surface area contributed by atoms with Crippen molar-refractivity contribution in [3.8, 4) is 10.7 Å². The van der Waals surface area contributed by atoms with Gasteiger partial charge in [-0.05, 0) is 12.1 Å². The smallest absolute Gasteiger partial charge is 0.142 e. The van der Waals surface area contributed by atoms with Crippen LogP contribution in [0.4, 0.5) is 0 Å². The molecule has 114 valence electrons. The van der Waals surface area contributed by atoms with Gasteiger partial charge < -0.3 is 15.2 Å². The Bertz CT molecular complexity index is 689. The van der Waals surface area contributed by atoms with Gasteiger partial charge in [0.1, 0.15) is 10.7 Å². The van der Waals surface area contributed by atoms with Crippen molar-refractivity contribution < 1.29 is 0 Å². The quantitative estimate of drug-likeness (QED) is 0.809. The second-order valence-corrected chi connectivity index (χ2v) is 6.51. The van der Waals surface area contributed by atoms with Crippen molar-refractivity contribution in [1.29, 1.82) is 0 Å². The van der Waals surface area contributed by atoms with Crippen molar-refractivity contribution in [3.05, 3.63) is 41.2 Å². The number of rotatable bonds is 2. The molecule has 0 saturated carbocycles. The third-order valence-corrected chi connectivity index (χ3v) is 4.96. The van der Waals surface area contributed by atoms with Crippen molar-refractivity contribution in [2.45, 2.75) is 6.54 Å². The van der Waals surface area contributed by atoms with Crippen LogP contribution in [-0.4, -0.2) is 46.1 Å². The van der Waals surface area contributed by atoms with E-state index in [-0.39, 0.29) is 0 Å². The molecular weight excluding hydrogens is 296 g/mol. The molecule has 4 rings (SSSR count). The van der Waals surface area contributed by atoms with E-state index < -0.39 is 0 Å². The molecule has 7 heteroatoms. The van der Waals surface area contributed by atoms with E-state index in [1.807, 2.05) is 24.4 Å².